The van der Waals surface area contributed by atoms with Crippen LogP contribution in [0.5, 0.6) is 0 Å². The Morgan fingerprint density at radius 1 is 0.900 bits per heavy atom. The van der Waals surface area contributed by atoms with Crippen molar-refractivity contribution in [3.8, 4) is 5.69 Å². The Balaban J connectivity index is 2.63. The second kappa shape index (κ2) is 4.53. The summed E-state index contributed by atoms with van der Waals surface area (Å²) < 4.78 is 77.1. The molecule has 0 spiro atoms. The van der Waals surface area contributed by atoms with Gasteiger partial charge in [0.25, 0.3) is 0 Å². The van der Waals surface area contributed by atoms with Gasteiger partial charge in [0, 0.05) is 11.9 Å². The first-order valence-electron chi connectivity index (χ1n) is 5.38. The van der Waals surface area contributed by atoms with E-state index in [-0.39, 0.29) is 11.8 Å². The average Bonchev–Trinajstić information content (AvgIpc) is 2.73. The highest BCUT2D eigenvalue weighted by Crippen LogP contribution is 2.37. The largest absolute Gasteiger partial charge is 0.416 e. The van der Waals surface area contributed by atoms with E-state index in [9.17, 15) is 26.3 Å². The number of benzene rings is 1. The van der Waals surface area contributed by atoms with Gasteiger partial charge in [0.05, 0.1) is 23.1 Å². The van der Waals surface area contributed by atoms with Crippen molar-refractivity contribution < 1.29 is 26.3 Å². The van der Waals surface area contributed by atoms with E-state index in [1.54, 1.807) is 6.92 Å². The summed E-state index contributed by atoms with van der Waals surface area (Å²) >= 11 is 0. The zero-order valence-corrected chi connectivity index (χ0v) is 10.0. The predicted octanol–water partition coefficient (Wildman–Crippen LogP) is 4.22. The molecule has 8 heteroatoms. The third-order valence-electron chi connectivity index (χ3n) is 2.58. The van der Waals surface area contributed by atoms with Gasteiger partial charge in [0.1, 0.15) is 0 Å². The Morgan fingerprint density at radius 3 is 1.75 bits per heavy atom. The molecule has 1 aromatic heterocycles. The first-order valence-corrected chi connectivity index (χ1v) is 5.38. The van der Waals surface area contributed by atoms with Crippen LogP contribution in [-0.2, 0) is 12.4 Å². The van der Waals surface area contributed by atoms with Crippen molar-refractivity contribution in [3.63, 3.8) is 0 Å². The smallest absolute Gasteiger partial charge is 0.306 e. The van der Waals surface area contributed by atoms with Crippen LogP contribution in [0, 0.1) is 6.92 Å². The SMILES string of the molecule is Cc1cn(-c2cc(C(F)(F)F)cc(C(F)(F)F)c2)cn1. The summed E-state index contributed by atoms with van der Waals surface area (Å²) in [5, 5.41) is 0. The summed E-state index contributed by atoms with van der Waals surface area (Å²) in [4.78, 5) is 3.78. The van der Waals surface area contributed by atoms with Crippen LogP contribution in [0.15, 0.2) is 30.7 Å². The Labute approximate surface area is 109 Å². The monoisotopic (exact) mass is 294 g/mol. The first-order chi connectivity index (χ1) is 9.07. The lowest BCUT2D eigenvalue weighted by Gasteiger charge is -2.14. The lowest BCUT2D eigenvalue weighted by atomic mass is 10.1. The van der Waals surface area contributed by atoms with Gasteiger partial charge in [0.15, 0.2) is 0 Å². The van der Waals surface area contributed by atoms with E-state index in [2.05, 4.69) is 4.98 Å². The average molecular weight is 294 g/mol. The van der Waals surface area contributed by atoms with Crippen LogP contribution in [0.1, 0.15) is 16.8 Å². The number of aromatic nitrogens is 2. The van der Waals surface area contributed by atoms with Crippen LogP contribution in [-0.4, -0.2) is 9.55 Å². The minimum absolute atomic E-state index is 0.0906. The van der Waals surface area contributed by atoms with Gasteiger partial charge in [-0.1, -0.05) is 0 Å². The summed E-state index contributed by atoms with van der Waals surface area (Å²) in [7, 11) is 0. The minimum Gasteiger partial charge on any atom is -0.306 e. The fourth-order valence-electron chi connectivity index (χ4n) is 1.65. The van der Waals surface area contributed by atoms with E-state index in [1.165, 1.54) is 6.20 Å². The molecule has 0 N–H and O–H groups in total. The maximum Gasteiger partial charge on any atom is 0.416 e. The van der Waals surface area contributed by atoms with Gasteiger partial charge >= 0.3 is 12.4 Å². The van der Waals surface area contributed by atoms with Gasteiger partial charge in [0.2, 0.25) is 0 Å². The number of hydrogen-bond acceptors (Lipinski definition) is 1. The van der Waals surface area contributed by atoms with Crippen molar-refractivity contribution in [2.24, 2.45) is 0 Å². The van der Waals surface area contributed by atoms with Crippen molar-refractivity contribution >= 4 is 0 Å². The number of halogens is 6. The quantitative estimate of drug-likeness (QED) is 0.720. The fraction of sp³-hybridized carbons (Fsp3) is 0.250. The molecule has 0 amide bonds. The molecule has 0 bridgehead atoms. The third kappa shape index (κ3) is 2.94. The number of aryl methyl sites for hydroxylation is 1. The minimum atomic E-state index is -4.86. The molecule has 0 aliphatic heterocycles. The third-order valence-corrected chi connectivity index (χ3v) is 2.58. The van der Waals surface area contributed by atoms with Crippen LogP contribution < -0.4 is 0 Å². The van der Waals surface area contributed by atoms with Crippen molar-refractivity contribution in [2.45, 2.75) is 19.3 Å². The predicted molar refractivity (Wildman–Crippen MR) is 58.3 cm³/mol. The van der Waals surface area contributed by atoms with Gasteiger partial charge < -0.3 is 4.57 Å². The zero-order chi connectivity index (χ0) is 15.1. The van der Waals surface area contributed by atoms with E-state index in [0.29, 0.717) is 17.8 Å². The van der Waals surface area contributed by atoms with Gasteiger partial charge in [-0.05, 0) is 25.1 Å². The molecule has 0 radical (unpaired) electrons. The maximum atomic E-state index is 12.7. The number of alkyl halides is 6. The molecule has 2 aromatic rings. The topological polar surface area (TPSA) is 17.8 Å². The molecule has 20 heavy (non-hydrogen) atoms. The van der Waals surface area contributed by atoms with Crippen LogP contribution in [0.4, 0.5) is 26.3 Å². The second-order valence-corrected chi connectivity index (χ2v) is 4.19. The fourth-order valence-corrected chi connectivity index (χ4v) is 1.65. The summed E-state index contributed by atoms with van der Waals surface area (Å²) in [5.74, 6) is 0. The molecule has 0 unspecified atom stereocenters. The van der Waals surface area contributed by atoms with E-state index < -0.39 is 23.5 Å². The summed E-state index contributed by atoms with van der Waals surface area (Å²) in [6.45, 7) is 1.58. The molecule has 0 saturated heterocycles. The Morgan fingerprint density at radius 2 is 1.40 bits per heavy atom. The van der Waals surface area contributed by atoms with Crippen LogP contribution in [0.3, 0.4) is 0 Å². The number of hydrogen-bond donors (Lipinski definition) is 0. The Bertz CT molecular complexity index is 591. The van der Waals surface area contributed by atoms with Crippen molar-refractivity contribution in [2.75, 3.05) is 0 Å². The normalized spacial score (nSPS) is 12.8. The molecule has 108 valence electrons. The number of imidazole rings is 1. The standard InChI is InChI=1S/C12H8F6N2/c1-7-5-20(6-19-7)10-3-8(11(13,14)15)2-9(4-10)12(16,17)18/h2-6H,1H3. The van der Waals surface area contributed by atoms with E-state index in [0.717, 1.165) is 10.9 Å². The number of rotatable bonds is 1. The van der Waals surface area contributed by atoms with E-state index in [1.807, 2.05) is 0 Å². The summed E-state index contributed by atoms with van der Waals surface area (Å²) in [6.07, 6.45) is -7.21. The molecular weight excluding hydrogens is 286 g/mol. The Hall–Kier alpha value is -1.99. The molecule has 0 fully saturated rings. The van der Waals surface area contributed by atoms with Gasteiger partial charge in [-0.25, -0.2) is 4.98 Å². The lowest BCUT2D eigenvalue weighted by molar-refractivity contribution is -0.143. The maximum absolute atomic E-state index is 12.7. The highest BCUT2D eigenvalue weighted by molar-refractivity contribution is 5.42. The second-order valence-electron chi connectivity index (χ2n) is 4.19. The molecule has 0 aliphatic carbocycles. The summed E-state index contributed by atoms with van der Waals surface area (Å²) in [5.41, 5.74) is -2.47. The highest BCUT2D eigenvalue weighted by Gasteiger charge is 2.37. The molecule has 0 atom stereocenters. The lowest BCUT2D eigenvalue weighted by Crippen LogP contribution is -2.12. The number of nitrogens with zero attached hydrogens (tertiary/aromatic N) is 2. The molecule has 0 saturated carbocycles. The molecule has 2 nitrogen and oxygen atoms in total. The van der Waals surface area contributed by atoms with E-state index in [4.69, 9.17) is 0 Å². The van der Waals surface area contributed by atoms with Crippen molar-refractivity contribution in [1.29, 1.82) is 0 Å². The Kier molecular flexibility index (Phi) is 3.27. The zero-order valence-electron chi connectivity index (χ0n) is 10.0. The van der Waals surface area contributed by atoms with Crippen molar-refractivity contribution in [3.05, 3.63) is 47.5 Å². The highest BCUT2D eigenvalue weighted by atomic mass is 19.4. The molecular formula is C12H8F6N2. The van der Waals surface area contributed by atoms with Gasteiger partial charge in [-0.3, -0.25) is 0 Å². The summed E-state index contributed by atoms with van der Waals surface area (Å²) in [6, 6.07) is 1.39. The van der Waals surface area contributed by atoms with Crippen molar-refractivity contribution in [1.82, 2.24) is 9.55 Å². The van der Waals surface area contributed by atoms with Crippen LogP contribution in [0.25, 0.3) is 5.69 Å². The van der Waals surface area contributed by atoms with Gasteiger partial charge in [-0.2, -0.15) is 26.3 Å². The van der Waals surface area contributed by atoms with Crippen LogP contribution >= 0.6 is 0 Å². The first kappa shape index (κ1) is 14.4. The molecule has 0 aliphatic rings. The van der Waals surface area contributed by atoms with Gasteiger partial charge in [-0.15, -0.1) is 0 Å². The molecule has 1 heterocycles. The van der Waals surface area contributed by atoms with E-state index >= 15 is 0 Å². The van der Waals surface area contributed by atoms with Crippen LogP contribution in [0.2, 0.25) is 0 Å². The molecule has 1 aromatic carbocycles. The molecule has 2 rings (SSSR count).